The van der Waals surface area contributed by atoms with Gasteiger partial charge < -0.3 is 15.4 Å². The molecule has 1 aromatic rings. The second-order valence-corrected chi connectivity index (χ2v) is 8.05. The third-order valence-corrected chi connectivity index (χ3v) is 6.36. The van der Waals surface area contributed by atoms with Crippen LogP contribution in [0.5, 0.6) is 0 Å². The van der Waals surface area contributed by atoms with Gasteiger partial charge in [-0.15, -0.1) is 0 Å². The molecule has 2 bridgehead atoms. The molecule has 2 aliphatic carbocycles. The maximum Gasteiger partial charge on any atom is 0.227 e. The first-order valence-electron chi connectivity index (χ1n) is 8.55. The van der Waals surface area contributed by atoms with Crippen LogP contribution < -0.4 is 5.73 Å². The van der Waals surface area contributed by atoms with E-state index in [1.54, 1.807) is 0 Å². The van der Waals surface area contributed by atoms with E-state index in [1.807, 2.05) is 17.0 Å². The summed E-state index contributed by atoms with van der Waals surface area (Å²) < 4.78 is 6.94. The summed E-state index contributed by atoms with van der Waals surface area (Å²) >= 11 is 3.50. The highest BCUT2D eigenvalue weighted by atomic mass is 79.9. The summed E-state index contributed by atoms with van der Waals surface area (Å²) in [6, 6.07) is 8.21. The molecule has 1 amide bonds. The number of fused-ring (bicyclic) bond motifs is 2. The van der Waals surface area contributed by atoms with Crippen LogP contribution in [0.2, 0.25) is 0 Å². The second kappa shape index (κ2) is 6.19. The van der Waals surface area contributed by atoms with Gasteiger partial charge in [-0.25, -0.2) is 0 Å². The molecule has 4 rings (SSSR count). The molecule has 1 aliphatic heterocycles. The molecule has 5 unspecified atom stereocenters. The second-order valence-electron chi connectivity index (χ2n) is 7.14. The number of rotatable bonds is 2. The Morgan fingerprint density at radius 1 is 1.30 bits per heavy atom. The Kier molecular flexibility index (Phi) is 4.20. The summed E-state index contributed by atoms with van der Waals surface area (Å²) in [6.45, 7) is 1.92. The fraction of sp³-hybridized carbons (Fsp3) is 0.611. The molecular formula is C18H23BrN2O2. The topological polar surface area (TPSA) is 55.6 Å². The minimum absolute atomic E-state index is 0.0370. The minimum Gasteiger partial charge on any atom is -0.370 e. The molecule has 124 valence electrons. The van der Waals surface area contributed by atoms with Crippen LogP contribution in [0.1, 0.15) is 30.9 Å². The number of hydrogen-bond donors (Lipinski definition) is 1. The van der Waals surface area contributed by atoms with E-state index in [0.29, 0.717) is 31.5 Å². The van der Waals surface area contributed by atoms with E-state index in [9.17, 15) is 4.79 Å². The van der Waals surface area contributed by atoms with Crippen molar-refractivity contribution in [1.82, 2.24) is 4.90 Å². The number of nitrogens with two attached hydrogens (primary N) is 1. The number of carbonyl (C=O) groups is 1. The highest BCUT2D eigenvalue weighted by molar-refractivity contribution is 9.10. The first kappa shape index (κ1) is 15.6. The summed E-state index contributed by atoms with van der Waals surface area (Å²) in [5.41, 5.74) is 7.47. The zero-order valence-electron chi connectivity index (χ0n) is 13.2. The van der Waals surface area contributed by atoms with Crippen molar-refractivity contribution in [2.45, 2.75) is 31.4 Å². The van der Waals surface area contributed by atoms with Crippen LogP contribution in [0.15, 0.2) is 28.7 Å². The van der Waals surface area contributed by atoms with Gasteiger partial charge in [-0.05, 0) is 48.8 Å². The van der Waals surface area contributed by atoms with Crippen LogP contribution in [0.4, 0.5) is 0 Å². The fourth-order valence-electron chi connectivity index (χ4n) is 4.67. The summed E-state index contributed by atoms with van der Waals surface area (Å²) in [4.78, 5) is 15.0. The smallest absolute Gasteiger partial charge is 0.227 e. The molecule has 2 saturated carbocycles. The summed E-state index contributed by atoms with van der Waals surface area (Å²) in [7, 11) is 0. The quantitative estimate of drug-likeness (QED) is 0.860. The third-order valence-electron chi connectivity index (χ3n) is 5.86. The van der Waals surface area contributed by atoms with Gasteiger partial charge in [0, 0.05) is 17.1 Å². The number of ether oxygens (including phenoxy) is 1. The molecule has 5 atom stereocenters. The Morgan fingerprint density at radius 2 is 2.13 bits per heavy atom. The van der Waals surface area contributed by atoms with Crippen LogP contribution in [0.25, 0.3) is 0 Å². The first-order chi connectivity index (χ1) is 11.1. The average molecular weight is 379 g/mol. The van der Waals surface area contributed by atoms with Gasteiger partial charge in [-0.2, -0.15) is 0 Å². The predicted octanol–water partition coefficient (Wildman–Crippen LogP) is 2.72. The van der Waals surface area contributed by atoms with Crippen LogP contribution in [0, 0.1) is 17.8 Å². The van der Waals surface area contributed by atoms with Crippen molar-refractivity contribution < 1.29 is 9.53 Å². The van der Waals surface area contributed by atoms with Gasteiger partial charge in [-0.3, -0.25) is 4.79 Å². The lowest BCUT2D eigenvalue weighted by Crippen LogP contribution is -2.50. The van der Waals surface area contributed by atoms with E-state index >= 15 is 0 Å². The molecule has 1 aromatic carbocycles. The van der Waals surface area contributed by atoms with E-state index in [4.69, 9.17) is 10.5 Å². The van der Waals surface area contributed by atoms with E-state index in [0.717, 1.165) is 16.5 Å². The first-order valence-corrected chi connectivity index (χ1v) is 9.34. The van der Waals surface area contributed by atoms with Gasteiger partial charge in [0.1, 0.15) is 6.10 Å². The number of benzene rings is 1. The number of halogens is 1. The fourth-order valence-corrected chi connectivity index (χ4v) is 5.09. The zero-order chi connectivity index (χ0) is 16.0. The molecule has 1 heterocycles. The number of nitrogens with zero attached hydrogens (tertiary/aromatic N) is 1. The van der Waals surface area contributed by atoms with E-state index in [1.165, 1.54) is 12.8 Å². The van der Waals surface area contributed by atoms with Crippen molar-refractivity contribution in [2.75, 3.05) is 19.7 Å². The molecule has 0 spiro atoms. The number of morpholine rings is 1. The molecule has 0 radical (unpaired) electrons. The van der Waals surface area contributed by atoms with Crippen molar-refractivity contribution in [3.05, 3.63) is 34.3 Å². The molecule has 2 N–H and O–H groups in total. The van der Waals surface area contributed by atoms with Gasteiger partial charge in [0.05, 0.1) is 19.1 Å². The molecule has 4 nitrogen and oxygen atoms in total. The van der Waals surface area contributed by atoms with Crippen LogP contribution in [-0.2, 0) is 9.53 Å². The van der Waals surface area contributed by atoms with E-state index in [2.05, 4.69) is 28.1 Å². The molecule has 3 aliphatic rings. The Morgan fingerprint density at radius 3 is 2.87 bits per heavy atom. The molecule has 1 saturated heterocycles. The van der Waals surface area contributed by atoms with E-state index in [-0.39, 0.29) is 24.0 Å². The highest BCUT2D eigenvalue weighted by Gasteiger charge is 2.50. The normalized spacial score (nSPS) is 36.4. The predicted molar refractivity (Wildman–Crippen MR) is 91.7 cm³/mol. The molecule has 23 heavy (non-hydrogen) atoms. The molecule has 3 fully saturated rings. The van der Waals surface area contributed by atoms with Gasteiger partial charge in [0.25, 0.3) is 0 Å². The van der Waals surface area contributed by atoms with Crippen molar-refractivity contribution in [3.63, 3.8) is 0 Å². The maximum atomic E-state index is 13.0. The van der Waals surface area contributed by atoms with Gasteiger partial charge in [0.2, 0.25) is 5.91 Å². The maximum absolute atomic E-state index is 13.0. The van der Waals surface area contributed by atoms with Crippen molar-refractivity contribution in [1.29, 1.82) is 0 Å². The third kappa shape index (κ3) is 2.83. The minimum atomic E-state index is -0.0417. The molecular weight excluding hydrogens is 356 g/mol. The SMILES string of the molecule is NC1C2CCC(C2)C1C(=O)N1CCOC(c2cccc(Br)c2)C1. The summed E-state index contributed by atoms with van der Waals surface area (Å²) in [5.74, 6) is 1.37. The lowest BCUT2D eigenvalue weighted by molar-refractivity contribution is -0.145. The number of amides is 1. The Hall–Kier alpha value is -0.910. The molecule has 0 aromatic heterocycles. The van der Waals surface area contributed by atoms with Crippen LogP contribution in [-0.4, -0.2) is 36.5 Å². The van der Waals surface area contributed by atoms with Crippen molar-refractivity contribution >= 4 is 21.8 Å². The Bertz CT molecular complexity index is 606. The summed E-state index contributed by atoms with van der Waals surface area (Å²) in [6.07, 6.45) is 3.49. The van der Waals surface area contributed by atoms with Crippen molar-refractivity contribution in [2.24, 2.45) is 23.5 Å². The van der Waals surface area contributed by atoms with Gasteiger partial charge in [0.15, 0.2) is 0 Å². The van der Waals surface area contributed by atoms with Gasteiger partial charge >= 0.3 is 0 Å². The van der Waals surface area contributed by atoms with Crippen LogP contribution in [0.3, 0.4) is 0 Å². The zero-order valence-corrected chi connectivity index (χ0v) is 14.7. The van der Waals surface area contributed by atoms with Crippen molar-refractivity contribution in [3.8, 4) is 0 Å². The van der Waals surface area contributed by atoms with E-state index < -0.39 is 0 Å². The average Bonchev–Trinajstić information content (AvgIpc) is 3.15. The number of carbonyl (C=O) groups excluding carboxylic acids is 1. The summed E-state index contributed by atoms with van der Waals surface area (Å²) in [5, 5.41) is 0. The highest BCUT2D eigenvalue weighted by Crippen LogP contribution is 2.48. The lowest BCUT2D eigenvalue weighted by atomic mass is 9.84. The van der Waals surface area contributed by atoms with Crippen LogP contribution >= 0.6 is 15.9 Å². The Balaban J connectivity index is 1.48. The molecule has 5 heteroatoms. The standard InChI is InChI=1S/C18H23BrN2O2/c19-14-3-1-2-11(9-14)15-10-21(6-7-23-15)18(22)16-12-4-5-13(8-12)17(16)20/h1-3,9,12-13,15-17H,4-8,10,20H2. The van der Waals surface area contributed by atoms with Gasteiger partial charge in [-0.1, -0.05) is 28.1 Å². The monoisotopic (exact) mass is 378 g/mol. The number of hydrogen-bond acceptors (Lipinski definition) is 3. The largest absolute Gasteiger partial charge is 0.370 e. The Labute approximate surface area is 145 Å². The lowest BCUT2D eigenvalue weighted by Gasteiger charge is -2.37.